The summed E-state index contributed by atoms with van der Waals surface area (Å²) < 4.78 is 0. The highest BCUT2D eigenvalue weighted by Crippen LogP contribution is 2.30. The molecule has 0 aliphatic heterocycles. The van der Waals surface area contributed by atoms with E-state index < -0.39 is 5.54 Å². The molecular formula is C16H14NO. The molecule has 0 spiro atoms. The molecule has 0 saturated heterocycles. The number of benzene rings is 2. The van der Waals surface area contributed by atoms with Gasteiger partial charge in [-0.25, -0.2) is 0 Å². The van der Waals surface area contributed by atoms with Crippen LogP contribution in [0.25, 0.3) is 0 Å². The second kappa shape index (κ2) is 5.32. The SMILES string of the molecule is C=CC(N[C]=O)(c1ccccc1)c1ccccc1. The van der Waals surface area contributed by atoms with E-state index in [9.17, 15) is 4.79 Å². The summed E-state index contributed by atoms with van der Waals surface area (Å²) >= 11 is 0. The van der Waals surface area contributed by atoms with E-state index in [1.807, 2.05) is 60.7 Å². The molecule has 2 aromatic rings. The number of hydrogen-bond acceptors (Lipinski definition) is 1. The van der Waals surface area contributed by atoms with Gasteiger partial charge >= 0.3 is 6.41 Å². The van der Waals surface area contributed by atoms with Crippen LogP contribution in [0.15, 0.2) is 73.3 Å². The molecule has 0 bridgehead atoms. The molecule has 18 heavy (non-hydrogen) atoms. The predicted octanol–water partition coefficient (Wildman–Crippen LogP) is 2.77. The van der Waals surface area contributed by atoms with Crippen LogP contribution in [0.4, 0.5) is 0 Å². The smallest absolute Gasteiger partial charge is 0.310 e. The first kappa shape index (κ1) is 12.1. The van der Waals surface area contributed by atoms with Gasteiger partial charge in [0.1, 0.15) is 5.54 Å². The number of rotatable bonds is 5. The monoisotopic (exact) mass is 236 g/mol. The highest BCUT2D eigenvalue weighted by molar-refractivity contribution is 5.56. The maximum absolute atomic E-state index is 10.8. The lowest BCUT2D eigenvalue weighted by Crippen LogP contribution is -2.40. The van der Waals surface area contributed by atoms with Crippen molar-refractivity contribution >= 4 is 6.41 Å². The fourth-order valence-electron chi connectivity index (χ4n) is 2.08. The summed E-state index contributed by atoms with van der Waals surface area (Å²) in [6.45, 7) is 3.86. The van der Waals surface area contributed by atoms with Crippen molar-refractivity contribution in [2.24, 2.45) is 0 Å². The van der Waals surface area contributed by atoms with Crippen LogP contribution in [0, 0.1) is 0 Å². The first-order valence-electron chi connectivity index (χ1n) is 5.72. The average molecular weight is 236 g/mol. The van der Waals surface area contributed by atoms with Crippen LogP contribution in [0.1, 0.15) is 11.1 Å². The Labute approximate surface area is 107 Å². The van der Waals surface area contributed by atoms with Crippen LogP contribution in [-0.4, -0.2) is 6.41 Å². The molecule has 1 radical (unpaired) electrons. The Morgan fingerprint density at radius 1 is 0.944 bits per heavy atom. The second-order valence-corrected chi connectivity index (χ2v) is 3.97. The lowest BCUT2D eigenvalue weighted by Gasteiger charge is -2.30. The molecule has 0 heterocycles. The minimum Gasteiger partial charge on any atom is -0.331 e. The molecule has 0 fully saturated rings. The highest BCUT2D eigenvalue weighted by Gasteiger charge is 2.30. The van der Waals surface area contributed by atoms with Gasteiger partial charge in [0.2, 0.25) is 0 Å². The van der Waals surface area contributed by atoms with E-state index in [-0.39, 0.29) is 0 Å². The molecule has 2 rings (SSSR count). The maximum atomic E-state index is 10.8. The van der Waals surface area contributed by atoms with Crippen molar-refractivity contribution in [1.82, 2.24) is 5.32 Å². The zero-order valence-electron chi connectivity index (χ0n) is 9.97. The molecule has 2 heteroatoms. The van der Waals surface area contributed by atoms with Gasteiger partial charge in [0, 0.05) is 0 Å². The average Bonchev–Trinajstić information content (AvgIpc) is 2.47. The van der Waals surface area contributed by atoms with E-state index in [0.29, 0.717) is 0 Å². The Balaban J connectivity index is 2.60. The van der Waals surface area contributed by atoms with Crippen molar-refractivity contribution < 1.29 is 4.79 Å². The summed E-state index contributed by atoms with van der Waals surface area (Å²) in [7, 11) is 0. The molecule has 2 aromatic carbocycles. The van der Waals surface area contributed by atoms with Crippen molar-refractivity contribution in [3.63, 3.8) is 0 Å². The lowest BCUT2D eigenvalue weighted by molar-refractivity contribution is 0.506. The third-order valence-corrected chi connectivity index (χ3v) is 3.01. The van der Waals surface area contributed by atoms with Crippen molar-refractivity contribution in [2.45, 2.75) is 5.54 Å². The van der Waals surface area contributed by atoms with E-state index in [1.165, 1.54) is 0 Å². The first-order valence-corrected chi connectivity index (χ1v) is 5.72. The summed E-state index contributed by atoms with van der Waals surface area (Å²) in [4.78, 5) is 10.8. The first-order chi connectivity index (χ1) is 8.83. The fraction of sp³-hybridized carbons (Fsp3) is 0.0625. The normalized spacial score (nSPS) is 10.7. The standard InChI is InChI=1S/C16H14NO/c1-2-16(17-13-18,14-9-5-3-6-10-14)15-11-7-4-8-12-15/h2-12H,1H2,(H,17,18). The van der Waals surface area contributed by atoms with E-state index in [1.54, 1.807) is 12.5 Å². The molecule has 1 amide bonds. The quantitative estimate of drug-likeness (QED) is 0.627. The van der Waals surface area contributed by atoms with Gasteiger partial charge in [-0.05, 0) is 11.1 Å². The van der Waals surface area contributed by atoms with Crippen molar-refractivity contribution in [3.8, 4) is 0 Å². The van der Waals surface area contributed by atoms with Crippen molar-refractivity contribution in [2.75, 3.05) is 0 Å². The van der Waals surface area contributed by atoms with Gasteiger partial charge in [-0.3, -0.25) is 4.79 Å². The summed E-state index contributed by atoms with van der Waals surface area (Å²) in [6.07, 6.45) is 3.51. The van der Waals surface area contributed by atoms with Crippen molar-refractivity contribution in [3.05, 3.63) is 84.4 Å². The lowest BCUT2D eigenvalue weighted by atomic mass is 9.83. The van der Waals surface area contributed by atoms with Gasteiger partial charge in [-0.2, -0.15) is 0 Å². The van der Waals surface area contributed by atoms with Crippen LogP contribution in [-0.2, 0) is 10.3 Å². The number of carbonyl (C=O) groups excluding carboxylic acids is 1. The number of hydrogen-bond donors (Lipinski definition) is 1. The molecule has 0 aromatic heterocycles. The van der Waals surface area contributed by atoms with Gasteiger partial charge in [0.15, 0.2) is 0 Å². The summed E-state index contributed by atoms with van der Waals surface area (Å²) in [6, 6.07) is 19.4. The molecule has 1 N–H and O–H groups in total. The molecule has 89 valence electrons. The van der Waals surface area contributed by atoms with E-state index >= 15 is 0 Å². The largest absolute Gasteiger partial charge is 0.331 e. The Morgan fingerprint density at radius 3 is 1.72 bits per heavy atom. The highest BCUT2D eigenvalue weighted by atomic mass is 16.1. The zero-order chi connectivity index (χ0) is 12.8. The molecule has 0 unspecified atom stereocenters. The van der Waals surface area contributed by atoms with Gasteiger partial charge in [0.25, 0.3) is 0 Å². The number of amides is 1. The Bertz CT molecular complexity index is 480. The number of nitrogens with one attached hydrogen (secondary N) is 1. The molecule has 0 aliphatic carbocycles. The maximum Gasteiger partial charge on any atom is 0.310 e. The fourth-order valence-corrected chi connectivity index (χ4v) is 2.08. The van der Waals surface area contributed by atoms with Crippen LogP contribution in [0.3, 0.4) is 0 Å². The molecule has 0 saturated carbocycles. The Hall–Kier alpha value is -2.35. The second-order valence-electron chi connectivity index (χ2n) is 3.97. The molecule has 0 atom stereocenters. The Kier molecular flexibility index (Phi) is 3.58. The van der Waals surface area contributed by atoms with Crippen LogP contribution in [0.5, 0.6) is 0 Å². The Morgan fingerprint density at radius 2 is 1.39 bits per heavy atom. The van der Waals surface area contributed by atoms with Gasteiger partial charge in [0.05, 0.1) is 0 Å². The molecule has 2 nitrogen and oxygen atoms in total. The minimum atomic E-state index is -0.732. The predicted molar refractivity (Wildman–Crippen MR) is 72.7 cm³/mol. The van der Waals surface area contributed by atoms with E-state index in [0.717, 1.165) is 11.1 Å². The van der Waals surface area contributed by atoms with E-state index in [2.05, 4.69) is 11.9 Å². The summed E-state index contributed by atoms with van der Waals surface area (Å²) in [5, 5.41) is 2.75. The van der Waals surface area contributed by atoms with Gasteiger partial charge in [-0.1, -0.05) is 66.7 Å². The van der Waals surface area contributed by atoms with E-state index in [4.69, 9.17) is 0 Å². The van der Waals surface area contributed by atoms with Crippen molar-refractivity contribution in [1.29, 1.82) is 0 Å². The van der Waals surface area contributed by atoms with Gasteiger partial charge in [-0.15, -0.1) is 6.58 Å². The molecule has 0 aliphatic rings. The van der Waals surface area contributed by atoms with Crippen LogP contribution in [0.2, 0.25) is 0 Å². The minimum absolute atomic E-state index is 0.732. The van der Waals surface area contributed by atoms with Crippen LogP contribution < -0.4 is 5.32 Å². The third kappa shape index (κ3) is 2.05. The summed E-state index contributed by atoms with van der Waals surface area (Å²) in [5.74, 6) is 0. The molecular weight excluding hydrogens is 222 g/mol. The summed E-state index contributed by atoms with van der Waals surface area (Å²) in [5.41, 5.74) is 1.17. The topological polar surface area (TPSA) is 29.1 Å². The third-order valence-electron chi connectivity index (χ3n) is 3.01. The van der Waals surface area contributed by atoms with Crippen LogP contribution >= 0.6 is 0 Å². The zero-order valence-corrected chi connectivity index (χ0v) is 9.97. The van der Waals surface area contributed by atoms with Gasteiger partial charge < -0.3 is 5.32 Å².